The van der Waals surface area contributed by atoms with E-state index in [0.29, 0.717) is 6.42 Å². The van der Waals surface area contributed by atoms with Gasteiger partial charge in [0.25, 0.3) is 0 Å². The largest absolute Gasteiger partial charge is 1.00 e. The molecular weight excluding hydrogens is 167 g/mol. The predicted molar refractivity (Wildman–Crippen MR) is 39.7 cm³/mol. The summed E-state index contributed by atoms with van der Waals surface area (Å²) in [4.78, 5) is 9.98. The van der Waals surface area contributed by atoms with Gasteiger partial charge < -0.3 is 15.0 Å². The van der Waals surface area contributed by atoms with Crippen molar-refractivity contribution in [2.75, 3.05) is 6.61 Å². The first-order valence-corrected chi connectivity index (χ1v) is 4.01. The van der Waals surface area contributed by atoms with Gasteiger partial charge in [-0.25, -0.2) is 0 Å². The third-order valence-corrected chi connectivity index (χ3v) is 1.83. The topological polar surface area (TPSA) is 60.4 Å². The van der Waals surface area contributed by atoms with Crippen LogP contribution in [0.1, 0.15) is 32.6 Å². The zero-order chi connectivity index (χ0) is 8.69. The standard InChI is InChI=1S/C8H16O3.Na/c1-2-7(6-9)4-3-5-8(10)11;/h7,9H,2-6H2,1H3,(H,10,11);/q;+1/p-1. The number of aliphatic carboxylic acids is 1. The van der Waals surface area contributed by atoms with Gasteiger partial charge in [0.05, 0.1) is 0 Å². The number of hydrogen-bond donors (Lipinski definition) is 1. The number of carboxylic acids is 1. The van der Waals surface area contributed by atoms with Crippen molar-refractivity contribution in [2.24, 2.45) is 5.92 Å². The molecule has 0 aromatic rings. The number of rotatable bonds is 6. The molecule has 0 spiro atoms. The summed E-state index contributed by atoms with van der Waals surface area (Å²) in [5.74, 6) is -0.743. The molecule has 0 aromatic carbocycles. The molecule has 1 N–H and O–H groups in total. The van der Waals surface area contributed by atoms with Gasteiger partial charge in [-0.2, -0.15) is 0 Å². The van der Waals surface area contributed by atoms with Crippen molar-refractivity contribution in [3.05, 3.63) is 0 Å². The molecule has 12 heavy (non-hydrogen) atoms. The predicted octanol–water partition coefficient (Wildman–Crippen LogP) is -3.07. The van der Waals surface area contributed by atoms with Gasteiger partial charge in [0.15, 0.2) is 0 Å². The zero-order valence-electron chi connectivity index (χ0n) is 7.88. The van der Waals surface area contributed by atoms with Crippen molar-refractivity contribution in [1.29, 1.82) is 0 Å². The number of aliphatic hydroxyl groups excluding tert-OH is 1. The fourth-order valence-electron chi connectivity index (χ4n) is 0.960. The minimum atomic E-state index is -1.00. The molecular formula is C8H15NaO3. The van der Waals surface area contributed by atoms with Crippen molar-refractivity contribution >= 4 is 5.97 Å². The van der Waals surface area contributed by atoms with Crippen molar-refractivity contribution in [2.45, 2.75) is 32.6 Å². The van der Waals surface area contributed by atoms with E-state index >= 15 is 0 Å². The van der Waals surface area contributed by atoms with Gasteiger partial charge in [0.1, 0.15) is 0 Å². The monoisotopic (exact) mass is 182 g/mol. The second kappa shape index (κ2) is 9.52. The van der Waals surface area contributed by atoms with E-state index in [9.17, 15) is 9.90 Å². The molecule has 0 saturated carbocycles. The second-order valence-electron chi connectivity index (χ2n) is 2.72. The van der Waals surface area contributed by atoms with Crippen LogP contribution in [0.2, 0.25) is 0 Å². The molecule has 1 atom stereocenters. The van der Waals surface area contributed by atoms with Gasteiger partial charge in [-0.05, 0) is 25.2 Å². The maximum Gasteiger partial charge on any atom is 1.00 e. The van der Waals surface area contributed by atoms with Gasteiger partial charge in [0, 0.05) is 12.6 Å². The summed E-state index contributed by atoms with van der Waals surface area (Å²) in [5.41, 5.74) is 0. The zero-order valence-corrected chi connectivity index (χ0v) is 9.88. The van der Waals surface area contributed by atoms with Crippen molar-refractivity contribution < 1.29 is 44.6 Å². The Labute approximate surface area is 95.5 Å². The summed E-state index contributed by atoms with van der Waals surface area (Å²) in [6, 6.07) is 0. The maximum absolute atomic E-state index is 9.98. The Morgan fingerprint density at radius 3 is 2.50 bits per heavy atom. The van der Waals surface area contributed by atoms with E-state index in [0.717, 1.165) is 12.8 Å². The Bertz CT molecular complexity index is 113. The van der Waals surface area contributed by atoms with E-state index in [1.807, 2.05) is 6.92 Å². The Hall–Kier alpha value is 0.430. The average Bonchev–Trinajstić information content (AvgIpc) is 1.98. The Kier molecular flexibility index (Phi) is 11.8. The van der Waals surface area contributed by atoms with Crippen LogP contribution in [-0.4, -0.2) is 17.7 Å². The van der Waals surface area contributed by atoms with Crippen LogP contribution >= 0.6 is 0 Å². The normalized spacial score (nSPS) is 11.8. The first-order valence-electron chi connectivity index (χ1n) is 4.01. The van der Waals surface area contributed by atoms with E-state index in [1.165, 1.54) is 0 Å². The van der Waals surface area contributed by atoms with E-state index in [1.54, 1.807) is 0 Å². The number of carboxylic acid groups (broad SMARTS) is 1. The van der Waals surface area contributed by atoms with Gasteiger partial charge in [-0.3, -0.25) is 0 Å². The molecule has 0 rings (SSSR count). The summed E-state index contributed by atoms with van der Waals surface area (Å²) in [7, 11) is 0. The van der Waals surface area contributed by atoms with Crippen LogP contribution in [0, 0.1) is 5.92 Å². The summed E-state index contributed by atoms with van der Waals surface area (Å²) >= 11 is 0. The van der Waals surface area contributed by atoms with Crippen molar-refractivity contribution in [3.8, 4) is 0 Å². The fourth-order valence-corrected chi connectivity index (χ4v) is 0.960. The first-order chi connectivity index (χ1) is 5.20. The third kappa shape index (κ3) is 8.53. The van der Waals surface area contributed by atoms with E-state index < -0.39 is 5.97 Å². The SMILES string of the molecule is CCC(CO)CCCC(=O)[O-].[Na+]. The molecule has 1 unspecified atom stereocenters. The van der Waals surface area contributed by atoms with Gasteiger partial charge in [0.2, 0.25) is 0 Å². The maximum atomic E-state index is 9.98. The van der Waals surface area contributed by atoms with Crippen LogP contribution in [0.4, 0.5) is 0 Å². The van der Waals surface area contributed by atoms with Crippen LogP contribution in [0.15, 0.2) is 0 Å². The third-order valence-electron chi connectivity index (χ3n) is 1.83. The Morgan fingerprint density at radius 1 is 1.58 bits per heavy atom. The van der Waals surface area contributed by atoms with Gasteiger partial charge >= 0.3 is 29.6 Å². The van der Waals surface area contributed by atoms with Gasteiger partial charge in [-0.1, -0.05) is 13.3 Å². The molecule has 0 amide bonds. The fraction of sp³-hybridized carbons (Fsp3) is 0.875. The van der Waals surface area contributed by atoms with Gasteiger partial charge in [-0.15, -0.1) is 0 Å². The Balaban J connectivity index is 0. The molecule has 0 fully saturated rings. The summed E-state index contributed by atoms with van der Waals surface area (Å²) in [5, 5.41) is 18.7. The molecule has 0 saturated heterocycles. The van der Waals surface area contributed by atoms with Crippen molar-refractivity contribution in [3.63, 3.8) is 0 Å². The molecule has 0 aliphatic heterocycles. The Morgan fingerprint density at radius 2 is 2.17 bits per heavy atom. The molecule has 4 heteroatoms. The van der Waals surface area contributed by atoms with E-state index in [-0.39, 0.29) is 48.5 Å². The summed E-state index contributed by atoms with van der Waals surface area (Å²) in [6.07, 6.45) is 2.41. The summed E-state index contributed by atoms with van der Waals surface area (Å²) in [6.45, 7) is 2.14. The van der Waals surface area contributed by atoms with Crippen LogP contribution in [0.25, 0.3) is 0 Å². The van der Waals surface area contributed by atoms with E-state index in [4.69, 9.17) is 5.11 Å². The minimum Gasteiger partial charge on any atom is -0.550 e. The molecule has 0 bridgehead atoms. The molecule has 0 heterocycles. The molecule has 0 aliphatic carbocycles. The van der Waals surface area contributed by atoms with Crippen LogP contribution in [-0.2, 0) is 4.79 Å². The first kappa shape index (κ1) is 14.9. The minimum absolute atomic E-state index is 0. The molecule has 3 nitrogen and oxygen atoms in total. The second-order valence-corrected chi connectivity index (χ2v) is 2.72. The molecule has 66 valence electrons. The van der Waals surface area contributed by atoms with Crippen molar-refractivity contribution in [1.82, 2.24) is 0 Å². The quantitative estimate of drug-likeness (QED) is 0.443. The number of hydrogen-bond acceptors (Lipinski definition) is 3. The molecule has 0 aliphatic rings. The van der Waals surface area contributed by atoms with Crippen LogP contribution < -0.4 is 34.7 Å². The van der Waals surface area contributed by atoms with E-state index in [2.05, 4.69) is 0 Å². The van der Waals surface area contributed by atoms with Crippen LogP contribution in [0.3, 0.4) is 0 Å². The smallest absolute Gasteiger partial charge is 0.550 e. The van der Waals surface area contributed by atoms with Crippen LogP contribution in [0.5, 0.6) is 0 Å². The number of aliphatic hydroxyl groups is 1. The number of carbonyl (C=O) groups excluding carboxylic acids is 1. The average molecular weight is 182 g/mol. The molecule has 0 radical (unpaired) electrons. The molecule has 0 aromatic heterocycles. The number of carbonyl (C=O) groups is 1. The summed E-state index contributed by atoms with van der Waals surface area (Å²) < 4.78 is 0.